The molecule has 362 valence electrons. The minimum atomic E-state index is -1.26. The van der Waals surface area contributed by atoms with Gasteiger partial charge in [0.15, 0.2) is 12.4 Å². The molecular formula is C52H70O14. The van der Waals surface area contributed by atoms with Gasteiger partial charge in [-0.15, -0.1) is 0 Å². The molecule has 14 nitrogen and oxygen atoms in total. The summed E-state index contributed by atoms with van der Waals surface area (Å²) in [6.45, 7) is 15.8. The zero-order chi connectivity index (χ0) is 45.2. The lowest BCUT2D eigenvalue weighted by Crippen LogP contribution is -2.62. The average Bonchev–Trinajstić information content (AvgIpc) is 3.98. The zero-order valence-electron chi connectivity index (χ0n) is 39.0. The summed E-state index contributed by atoms with van der Waals surface area (Å²) in [4.78, 5) is 14.6. The first-order chi connectivity index (χ1) is 31.9. The molecule has 12 heterocycles. The quantitative estimate of drug-likeness (QED) is 0.324. The highest BCUT2D eigenvalue weighted by atomic mass is 16.9. The Morgan fingerprint density at radius 1 is 0.697 bits per heavy atom. The molecule has 12 fully saturated rings. The molecule has 0 amide bonds. The van der Waals surface area contributed by atoms with Crippen LogP contribution in [0.1, 0.15) is 116 Å². The molecule has 2 spiro atoms. The molecule has 12 bridgehead atoms. The van der Waals surface area contributed by atoms with E-state index in [1.807, 2.05) is 24.3 Å². The Labute approximate surface area is 388 Å². The smallest absolute Gasteiger partial charge is 0.233 e. The van der Waals surface area contributed by atoms with Gasteiger partial charge in [-0.1, -0.05) is 46.1 Å². The highest BCUT2D eigenvalue weighted by Crippen LogP contribution is 2.64. The fraction of sp³-hybridized carbons (Fsp3) is 0.788. The van der Waals surface area contributed by atoms with Crippen molar-refractivity contribution in [3.8, 4) is 5.75 Å². The van der Waals surface area contributed by atoms with Crippen LogP contribution in [0.3, 0.4) is 0 Å². The number of carbonyl (C=O) groups is 1. The van der Waals surface area contributed by atoms with E-state index in [1.54, 1.807) is 7.11 Å². The third kappa shape index (κ3) is 7.45. The molecular weight excluding hydrogens is 849 g/mol. The Morgan fingerprint density at radius 2 is 1.48 bits per heavy atom. The first-order valence-electron chi connectivity index (χ1n) is 25.3. The maximum absolute atomic E-state index is 14.6. The van der Waals surface area contributed by atoms with Gasteiger partial charge in [0.2, 0.25) is 11.6 Å². The van der Waals surface area contributed by atoms with Crippen LogP contribution >= 0.6 is 0 Å². The molecule has 12 saturated heterocycles. The summed E-state index contributed by atoms with van der Waals surface area (Å²) >= 11 is 0. The van der Waals surface area contributed by atoms with E-state index < -0.39 is 54.5 Å². The van der Waals surface area contributed by atoms with Gasteiger partial charge >= 0.3 is 0 Å². The Bertz CT molecular complexity index is 2010. The number of hydrogen-bond acceptors (Lipinski definition) is 14. The maximum Gasteiger partial charge on any atom is 0.233 e. The monoisotopic (exact) mass is 918 g/mol. The highest BCUT2D eigenvalue weighted by Gasteiger charge is 2.83. The summed E-state index contributed by atoms with van der Waals surface area (Å²) in [6, 6.07) is 7.69. The Balaban J connectivity index is 0.853. The molecule has 14 heteroatoms. The second-order valence-electron chi connectivity index (χ2n) is 21.9. The van der Waals surface area contributed by atoms with Crippen LogP contribution in [0, 0.1) is 23.7 Å². The molecule has 0 saturated carbocycles. The molecule has 23 atom stereocenters. The van der Waals surface area contributed by atoms with Gasteiger partial charge < -0.3 is 61.9 Å². The SMILES string of the molecule is C=C1CC2CCC34OC5C6OC(CCC6OC6C5OC5(OC(c7ccc(OC)cc7)OC35)C6O4)CC(=O)CC3C(CC4OC(CCC1O2)CC(C)C4=C)OC1CC(C)C(CCO)OC1C3C. The minimum Gasteiger partial charge on any atom is -0.497 e. The van der Waals surface area contributed by atoms with E-state index in [2.05, 4.69) is 33.9 Å². The summed E-state index contributed by atoms with van der Waals surface area (Å²) < 4.78 is 82.4. The molecule has 1 aromatic rings. The average molecular weight is 919 g/mol. The van der Waals surface area contributed by atoms with Crippen LogP contribution in [0.15, 0.2) is 48.6 Å². The molecule has 1 aromatic carbocycles. The van der Waals surface area contributed by atoms with Crippen molar-refractivity contribution >= 4 is 5.78 Å². The molecule has 12 aliphatic heterocycles. The van der Waals surface area contributed by atoms with E-state index in [0.29, 0.717) is 44.9 Å². The van der Waals surface area contributed by atoms with Gasteiger partial charge in [0.05, 0.1) is 68.1 Å². The molecule has 13 rings (SSSR count). The molecule has 12 aliphatic rings. The highest BCUT2D eigenvalue weighted by molar-refractivity contribution is 5.79. The minimum absolute atomic E-state index is 0.0275. The van der Waals surface area contributed by atoms with E-state index in [9.17, 15) is 9.90 Å². The predicted octanol–water partition coefficient (Wildman–Crippen LogP) is 6.59. The number of benzene rings is 1. The van der Waals surface area contributed by atoms with Gasteiger partial charge in [0, 0.05) is 37.9 Å². The number of fused-ring (bicyclic) bond motifs is 7. The summed E-state index contributed by atoms with van der Waals surface area (Å²) in [6.07, 6.45) is 2.90. The Hall–Kier alpha value is -2.31. The molecule has 23 unspecified atom stereocenters. The number of rotatable bonds is 4. The topological polar surface area (TPSA) is 148 Å². The number of aliphatic hydroxyl groups excluding tert-OH is 1. The van der Waals surface area contributed by atoms with Crippen LogP contribution < -0.4 is 4.74 Å². The van der Waals surface area contributed by atoms with Crippen molar-refractivity contribution < 1.29 is 66.7 Å². The van der Waals surface area contributed by atoms with Gasteiger partial charge in [-0.2, -0.15) is 0 Å². The van der Waals surface area contributed by atoms with Crippen LogP contribution in [0.4, 0.5) is 0 Å². The molecule has 0 aromatic heterocycles. The molecule has 66 heavy (non-hydrogen) atoms. The molecule has 0 radical (unpaired) electrons. The second kappa shape index (κ2) is 17.2. The third-order valence-electron chi connectivity index (χ3n) is 17.8. The van der Waals surface area contributed by atoms with Crippen molar-refractivity contribution in [3.63, 3.8) is 0 Å². The number of hydrogen-bond donors (Lipinski definition) is 1. The predicted molar refractivity (Wildman–Crippen MR) is 235 cm³/mol. The van der Waals surface area contributed by atoms with E-state index >= 15 is 0 Å². The van der Waals surface area contributed by atoms with E-state index in [0.717, 1.165) is 54.6 Å². The lowest BCUT2D eigenvalue weighted by atomic mass is 9.72. The number of methoxy groups -OCH3 is 1. The fourth-order valence-electron chi connectivity index (χ4n) is 14.2. The molecule has 1 N–H and O–H groups in total. The van der Waals surface area contributed by atoms with Crippen molar-refractivity contribution in [2.75, 3.05) is 13.7 Å². The fourth-order valence-corrected chi connectivity index (χ4v) is 14.2. The number of ketones is 1. The van der Waals surface area contributed by atoms with E-state index in [4.69, 9.17) is 56.8 Å². The van der Waals surface area contributed by atoms with Crippen LogP contribution in [0.2, 0.25) is 0 Å². The Morgan fingerprint density at radius 3 is 2.30 bits per heavy atom. The van der Waals surface area contributed by atoms with Crippen molar-refractivity contribution in [3.05, 3.63) is 54.1 Å². The van der Waals surface area contributed by atoms with Gasteiger partial charge in [-0.3, -0.25) is 4.79 Å². The van der Waals surface area contributed by atoms with Crippen molar-refractivity contribution in [2.45, 2.75) is 220 Å². The van der Waals surface area contributed by atoms with E-state index in [-0.39, 0.29) is 104 Å². The van der Waals surface area contributed by atoms with Gasteiger partial charge in [-0.25, -0.2) is 0 Å². The van der Waals surface area contributed by atoms with Crippen molar-refractivity contribution in [2.24, 2.45) is 23.7 Å². The number of Topliss-reactive ketones (excluding diaryl/α,β-unsaturated/α-hetero) is 1. The van der Waals surface area contributed by atoms with Crippen LogP contribution in [-0.2, 0) is 56.9 Å². The zero-order valence-corrected chi connectivity index (χ0v) is 39.0. The van der Waals surface area contributed by atoms with Crippen molar-refractivity contribution in [1.29, 1.82) is 0 Å². The third-order valence-corrected chi connectivity index (χ3v) is 17.8. The first-order valence-corrected chi connectivity index (χ1v) is 25.3. The van der Waals surface area contributed by atoms with E-state index in [1.165, 1.54) is 0 Å². The van der Waals surface area contributed by atoms with Gasteiger partial charge in [0.1, 0.15) is 42.1 Å². The standard InChI is InChI=1S/C52H70O14/c1-25-19-33-11-13-37-26(2)20-35(56-37)15-17-51-50-52(66-49(62-50)30-7-9-32(55-6)10-8-30)48(65-51)47-46(64-52)45(63-51)44-39(61-47)14-12-34(58-44)22-31(54)23-36-29(5)43-42(21-27(3)38(60-43)16-18-53)59-41(36)24-40(57-33)28(25)4/h7-10,25,27,29,33-50,53H,2,4,11-24H2,1,3,5-6H3. The first kappa shape index (κ1) is 44.9. The summed E-state index contributed by atoms with van der Waals surface area (Å²) in [5, 5.41) is 9.89. The summed E-state index contributed by atoms with van der Waals surface area (Å²) in [5.41, 5.74) is 3.03. The maximum atomic E-state index is 14.6. The largest absolute Gasteiger partial charge is 0.497 e. The van der Waals surface area contributed by atoms with Crippen LogP contribution in [0.5, 0.6) is 5.75 Å². The molecule has 0 aliphatic carbocycles. The lowest BCUT2D eigenvalue weighted by molar-refractivity contribution is -0.329. The Kier molecular flexibility index (Phi) is 11.7. The van der Waals surface area contributed by atoms with Gasteiger partial charge in [0.25, 0.3) is 0 Å². The van der Waals surface area contributed by atoms with Gasteiger partial charge in [-0.05, 0) is 105 Å². The van der Waals surface area contributed by atoms with Crippen molar-refractivity contribution in [1.82, 2.24) is 0 Å². The normalized spacial score (nSPS) is 52.0. The number of ether oxygens (including phenoxy) is 12. The van der Waals surface area contributed by atoms with Crippen LogP contribution in [-0.4, -0.2) is 134 Å². The van der Waals surface area contributed by atoms with Crippen LogP contribution in [0.25, 0.3) is 0 Å². The summed E-state index contributed by atoms with van der Waals surface area (Å²) in [5.74, 6) is -1.17. The lowest BCUT2D eigenvalue weighted by Gasteiger charge is -2.52. The number of carbonyl (C=O) groups excluding carboxylic acids is 1. The second-order valence-corrected chi connectivity index (χ2v) is 21.9. The summed E-state index contributed by atoms with van der Waals surface area (Å²) in [7, 11) is 1.65. The number of aliphatic hydroxyl groups is 1.